The van der Waals surface area contributed by atoms with Crippen molar-refractivity contribution in [3.05, 3.63) is 28.2 Å². The zero-order valence-corrected chi connectivity index (χ0v) is 12.0. The second kappa shape index (κ2) is 6.06. The number of nitrogens with two attached hydrogens (primary N) is 1. The molecule has 2 amide bonds. The van der Waals surface area contributed by atoms with Crippen LogP contribution in [0, 0.1) is 0 Å². The van der Waals surface area contributed by atoms with E-state index in [1.807, 2.05) is 0 Å². The van der Waals surface area contributed by atoms with Gasteiger partial charge in [-0.2, -0.15) is 0 Å². The van der Waals surface area contributed by atoms with Crippen LogP contribution >= 0.6 is 15.9 Å². The van der Waals surface area contributed by atoms with Gasteiger partial charge in [-0.25, -0.2) is 0 Å². The zero-order valence-electron chi connectivity index (χ0n) is 10.4. The molecule has 1 unspecified atom stereocenters. The molecular weight excluding hydrogens is 310 g/mol. The highest BCUT2D eigenvalue weighted by Crippen LogP contribution is 2.19. The maximum Gasteiger partial charge on any atom is 0.254 e. The first-order valence-corrected chi connectivity index (χ1v) is 7.01. The summed E-state index contributed by atoms with van der Waals surface area (Å²) in [5, 5.41) is 5.52. The Balaban J connectivity index is 2.09. The molecule has 6 heteroatoms. The van der Waals surface area contributed by atoms with E-state index in [1.54, 1.807) is 18.2 Å². The molecule has 1 atom stereocenters. The zero-order chi connectivity index (χ0) is 13.8. The van der Waals surface area contributed by atoms with Crippen molar-refractivity contribution in [1.82, 2.24) is 10.6 Å². The fourth-order valence-electron chi connectivity index (χ4n) is 2.05. The minimum Gasteiger partial charge on any atom is -0.398 e. The number of hydrogen-bond donors (Lipinski definition) is 3. The molecule has 1 aromatic rings. The number of halogens is 1. The first-order chi connectivity index (χ1) is 9.08. The molecule has 5 nitrogen and oxygen atoms in total. The van der Waals surface area contributed by atoms with Gasteiger partial charge in [-0.15, -0.1) is 0 Å². The van der Waals surface area contributed by atoms with Gasteiger partial charge in [0.05, 0.1) is 5.56 Å². The van der Waals surface area contributed by atoms with Gasteiger partial charge in [0.25, 0.3) is 5.91 Å². The van der Waals surface area contributed by atoms with Crippen LogP contribution in [-0.2, 0) is 4.79 Å². The van der Waals surface area contributed by atoms with Crippen LogP contribution in [0.4, 0.5) is 5.69 Å². The van der Waals surface area contributed by atoms with Gasteiger partial charge >= 0.3 is 0 Å². The smallest absolute Gasteiger partial charge is 0.254 e. The van der Waals surface area contributed by atoms with E-state index >= 15 is 0 Å². The second-order valence-electron chi connectivity index (χ2n) is 4.54. The van der Waals surface area contributed by atoms with E-state index in [0.29, 0.717) is 24.2 Å². The van der Waals surface area contributed by atoms with Crippen LogP contribution in [0.25, 0.3) is 0 Å². The molecule has 0 aromatic heterocycles. The van der Waals surface area contributed by atoms with Crippen molar-refractivity contribution in [3.63, 3.8) is 0 Å². The largest absolute Gasteiger partial charge is 0.398 e. The van der Waals surface area contributed by atoms with E-state index in [1.165, 1.54) is 0 Å². The number of nitrogens with one attached hydrogen (secondary N) is 2. The van der Waals surface area contributed by atoms with Gasteiger partial charge in [0.2, 0.25) is 5.91 Å². The summed E-state index contributed by atoms with van der Waals surface area (Å²) in [5.74, 6) is -0.436. The first kappa shape index (κ1) is 13.9. The van der Waals surface area contributed by atoms with Crippen LogP contribution in [-0.4, -0.2) is 24.4 Å². The SMILES string of the molecule is Nc1cc(Br)ccc1C(=O)NC1CCCCNC1=O. The molecule has 0 aliphatic carbocycles. The van der Waals surface area contributed by atoms with Crippen molar-refractivity contribution in [1.29, 1.82) is 0 Å². The lowest BCUT2D eigenvalue weighted by Gasteiger charge is -2.16. The minimum absolute atomic E-state index is 0.124. The number of nitrogen functional groups attached to an aromatic ring is 1. The van der Waals surface area contributed by atoms with E-state index in [4.69, 9.17) is 5.73 Å². The summed E-state index contributed by atoms with van der Waals surface area (Å²) in [7, 11) is 0. The van der Waals surface area contributed by atoms with Crippen LogP contribution in [0.1, 0.15) is 29.6 Å². The third-order valence-electron chi connectivity index (χ3n) is 3.10. The maximum atomic E-state index is 12.1. The lowest BCUT2D eigenvalue weighted by Crippen LogP contribution is -2.45. The quantitative estimate of drug-likeness (QED) is 0.719. The standard InChI is InChI=1S/C13H16BrN3O2/c14-8-4-5-9(10(15)7-8)12(18)17-11-3-1-2-6-16-13(11)19/h4-5,7,11H,1-3,6,15H2,(H,16,19)(H,17,18). The molecule has 102 valence electrons. The Morgan fingerprint density at radius 1 is 1.42 bits per heavy atom. The van der Waals surface area contributed by atoms with Crippen molar-refractivity contribution in [2.24, 2.45) is 0 Å². The Morgan fingerprint density at radius 3 is 2.95 bits per heavy atom. The Bertz CT molecular complexity index is 505. The number of anilines is 1. The Labute approximate surface area is 120 Å². The first-order valence-electron chi connectivity index (χ1n) is 6.21. The Kier molecular flexibility index (Phi) is 4.42. The van der Waals surface area contributed by atoms with Crippen molar-refractivity contribution >= 4 is 33.4 Å². The molecule has 0 spiro atoms. The molecule has 1 heterocycles. The van der Waals surface area contributed by atoms with E-state index < -0.39 is 6.04 Å². The van der Waals surface area contributed by atoms with E-state index in [9.17, 15) is 9.59 Å². The highest BCUT2D eigenvalue weighted by Gasteiger charge is 2.23. The van der Waals surface area contributed by atoms with Crippen LogP contribution in [0.15, 0.2) is 22.7 Å². The molecule has 0 radical (unpaired) electrons. The summed E-state index contributed by atoms with van der Waals surface area (Å²) in [4.78, 5) is 23.9. The van der Waals surface area contributed by atoms with Crippen molar-refractivity contribution in [2.75, 3.05) is 12.3 Å². The monoisotopic (exact) mass is 325 g/mol. The van der Waals surface area contributed by atoms with Gasteiger partial charge in [0.15, 0.2) is 0 Å². The summed E-state index contributed by atoms with van der Waals surface area (Å²) in [6, 6.07) is 4.59. The van der Waals surface area contributed by atoms with Crippen molar-refractivity contribution in [2.45, 2.75) is 25.3 Å². The van der Waals surface area contributed by atoms with Crippen LogP contribution in [0.2, 0.25) is 0 Å². The lowest BCUT2D eigenvalue weighted by molar-refractivity contribution is -0.122. The van der Waals surface area contributed by atoms with Crippen LogP contribution < -0.4 is 16.4 Å². The normalized spacial score (nSPS) is 19.4. The fourth-order valence-corrected chi connectivity index (χ4v) is 2.43. The summed E-state index contributed by atoms with van der Waals surface area (Å²) >= 11 is 3.29. The predicted octanol–water partition coefficient (Wildman–Crippen LogP) is 1.43. The average molecular weight is 326 g/mol. The third kappa shape index (κ3) is 3.47. The highest BCUT2D eigenvalue weighted by molar-refractivity contribution is 9.10. The molecule has 1 aliphatic heterocycles. The number of rotatable bonds is 2. The minimum atomic E-state index is -0.474. The summed E-state index contributed by atoms with van der Waals surface area (Å²) in [6.07, 6.45) is 2.52. The van der Waals surface area contributed by atoms with Gasteiger partial charge in [-0.05, 0) is 37.5 Å². The summed E-state index contributed by atoms with van der Waals surface area (Å²) < 4.78 is 0.814. The van der Waals surface area contributed by atoms with E-state index in [-0.39, 0.29) is 11.8 Å². The molecule has 2 rings (SSSR count). The van der Waals surface area contributed by atoms with Gasteiger partial charge in [-0.1, -0.05) is 15.9 Å². The Hall–Kier alpha value is -1.56. The second-order valence-corrected chi connectivity index (χ2v) is 5.46. The number of benzene rings is 1. The molecule has 1 aliphatic rings. The maximum absolute atomic E-state index is 12.1. The molecule has 4 N–H and O–H groups in total. The predicted molar refractivity (Wildman–Crippen MR) is 76.7 cm³/mol. The fraction of sp³-hybridized carbons (Fsp3) is 0.385. The molecule has 1 saturated heterocycles. The van der Waals surface area contributed by atoms with Gasteiger partial charge in [0, 0.05) is 16.7 Å². The van der Waals surface area contributed by atoms with E-state index in [0.717, 1.165) is 17.3 Å². The van der Waals surface area contributed by atoms with Crippen LogP contribution in [0.5, 0.6) is 0 Å². The summed E-state index contributed by atoms with van der Waals surface area (Å²) in [6.45, 7) is 0.672. The highest BCUT2D eigenvalue weighted by atomic mass is 79.9. The number of amides is 2. The van der Waals surface area contributed by atoms with Crippen molar-refractivity contribution in [3.8, 4) is 0 Å². The van der Waals surface area contributed by atoms with Crippen molar-refractivity contribution < 1.29 is 9.59 Å². The van der Waals surface area contributed by atoms with Gasteiger partial charge < -0.3 is 16.4 Å². The lowest BCUT2D eigenvalue weighted by atomic mass is 10.1. The van der Waals surface area contributed by atoms with E-state index in [2.05, 4.69) is 26.6 Å². The average Bonchev–Trinajstić information content (AvgIpc) is 2.55. The third-order valence-corrected chi connectivity index (χ3v) is 3.59. The molecular formula is C13H16BrN3O2. The Morgan fingerprint density at radius 2 is 2.21 bits per heavy atom. The molecule has 1 aromatic carbocycles. The molecule has 19 heavy (non-hydrogen) atoms. The molecule has 0 bridgehead atoms. The topological polar surface area (TPSA) is 84.2 Å². The van der Waals surface area contributed by atoms with Gasteiger partial charge in [-0.3, -0.25) is 9.59 Å². The number of hydrogen-bond acceptors (Lipinski definition) is 3. The molecule has 0 saturated carbocycles. The van der Waals surface area contributed by atoms with Gasteiger partial charge in [0.1, 0.15) is 6.04 Å². The molecule has 1 fully saturated rings. The number of carbonyl (C=O) groups is 2. The summed E-state index contributed by atoms with van der Waals surface area (Å²) in [5.41, 5.74) is 6.58. The number of carbonyl (C=O) groups excluding carboxylic acids is 2. The van der Waals surface area contributed by atoms with Crippen LogP contribution in [0.3, 0.4) is 0 Å².